The predicted octanol–water partition coefficient (Wildman–Crippen LogP) is -0.156. The van der Waals surface area contributed by atoms with Crippen LogP contribution in [0.15, 0.2) is 36.7 Å². The summed E-state index contributed by atoms with van der Waals surface area (Å²) < 4.78 is 6.43. The van der Waals surface area contributed by atoms with Crippen molar-refractivity contribution in [3.8, 4) is 0 Å². The smallest absolute Gasteiger partial charge is 0.332 e. The second-order valence-corrected chi connectivity index (χ2v) is 5.14. The van der Waals surface area contributed by atoms with Crippen molar-refractivity contribution in [2.24, 2.45) is 0 Å². The molecule has 2 atom stereocenters. The average molecular weight is 346 g/mol. The molecule has 0 saturated carbocycles. The standard InChI is InChI=1S/C15H18N6O4/c1-10(13(22)18-15(24)16-2)25-14(23)12(21-9-17-19-20-21)8-11-6-4-3-5-7-11/h3-7,9-10,12H,8H2,1-2H3,(H2,16,18,22,24)/t10-,12+/m0/s1. The predicted molar refractivity (Wildman–Crippen MR) is 85.2 cm³/mol. The van der Waals surface area contributed by atoms with Gasteiger partial charge in [0.1, 0.15) is 6.33 Å². The molecule has 0 spiro atoms. The lowest BCUT2D eigenvalue weighted by Gasteiger charge is -2.18. The average Bonchev–Trinajstić information content (AvgIpc) is 3.14. The van der Waals surface area contributed by atoms with Crippen LogP contribution >= 0.6 is 0 Å². The van der Waals surface area contributed by atoms with Gasteiger partial charge in [-0.05, 0) is 22.9 Å². The number of tetrazole rings is 1. The number of rotatable bonds is 6. The Balaban J connectivity index is 2.08. The lowest BCUT2D eigenvalue weighted by atomic mass is 10.1. The molecule has 0 aliphatic carbocycles. The van der Waals surface area contributed by atoms with Crippen molar-refractivity contribution in [1.29, 1.82) is 0 Å². The van der Waals surface area contributed by atoms with Crippen LogP contribution in [0.5, 0.6) is 0 Å². The summed E-state index contributed by atoms with van der Waals surface area (Å²) in [4.78, 5) is 35.5. The molecule has 2 aromatic rings. The van der Waals surface area contributed by atoms with Crippen molar-refractivity contribution >= 4 is 17.9 Å². The van der Waals surface area contributed by atoms with Gasteiger partial charge in [-0.25, -0.2) is 14.3 Å². The first-order valence-corrected chi connectivity index (χ1v) is 7.50. The van der Waals surface area contributed by atoms with Crippen LogP contribution < -0.4 is 10.6 Å². The highest BCUT2D eigenvalue weighted by molar-refractivity contribution is 5.97. The molecule has 25 heavy (non-hydrogen) atoms. The highest BCUT2D eigenvalue weighted by Gasteiger charge is 2.28. The number of esters is 1. The topological polar surface area (TPSA) is 128 Å². The van der Waals surface area contributed by atoms with Crippen LogP contribution in [0.1, 0.15) is 18.5 Å². The van der Waals surface area contributed by atoms with Gasteiger partial charge in [0.25, 0.3) is 5.91 Å². The first kappa shape index (κ1) is 18.0. The Hall–Kier alpha value is -3.30. The Morgan fingerprint density at radius 2 is 1.96 bits per heavy atom. The van der Waals surface area contributed by atoms with Gasteiger partial charge in [-0.1, -0.05) is 30.3 Å². The molecule has 0 bridgehead atoms. The molecule has 3 amide bonds. The number of ether oxygens (including phenoxy) is 1. The molecule has 10 heteroatoms. The fourth-order valence-electron chi connectivity index (χ4n) is 2.02. The van der Waals surface area contributed by atoms with Crippen LogP contribution in [-0.4, -0.2) is 51.3 Å². The highest BCUT2D eigenvalue weighted by Crippen LogP contribution is 2.15. The summed E-state index contributed by atoms with van der Waals surface area (Å²) in [7, 11) is 1.37. The van der Waals surface area contributed by atoms with Gasteiger partial charge in [0, 0.05) is 13.5 Å². The van der Waals surface area contributed by atoms with Crippen molar-refractivity contribution in [3.63, 3.8) is 0 Å². The van der Waals surface area contributed by atoms with Crippen molar-refractivity contribution in [3.05, 3.63) is 42.2 Å². The van der Waals surface area contributed by atoms with E-state index in [0.29, 0.717) is 0 Å². The maximum atomic E-state index is 12.5. The van der Waals surface area contributed by atoms with Crippen LogP contribution in [0.3, 0.4) is 0 Å². The normalized spacial score (nSPS) is 12.7. The molecule has 0 saturated heterocycles. The zero-order valence-corrected chi connectivity index (χ0v) is 13.7. The Bertz CT molecular complexity index is 719. The van der Waals surface area contributed by atoms with E-state index < -0.39 is 30.1 Å². The van der Waals surface area contributed by atoms with Crippen molar-refractivity contribution in [1.82, 2.24) is 30.8 Å². The van der Waals surface area contributed by atoms with Gasteiger partial charge in [-0.2, -0.15) is 0 Å². The number of carbonyl (C=O) groups excluding carboxylic acids is 3. The molecule has 1 heterocycles. The maximum Gasteiger partial charge on any atom is 0.332 e. The van der Waals surface area contributed by atoms with Crippen LogP contribution in [0.25, 0.3) is 0 Å². The summed E-state index contributed by atoms with van der Waals surface area (Å²) in [5, 5.41) is 15.1. The molecule has 10 nitrogen and oxygen atoms in total. The first-order valence-electron chi connectivity index (χ1n) is 7.50. The van der Waals surface area contributed by atoms with Crippen molar-refractivity contribution in [2.45, 2.75) is 25.5 Å². The largest absolute Gasteiger partial charge is 0.451 e. The molecule has 0 radical (unpaired) electrons. The summed E-state index contributed by atoms with van der Waals surface area (Å²) in [5.74, 6) is -1.42. The van der Waals surface area contributed by atoms with Crippen LogP contribution in [0.4, 0.5) is 4.79 Å². The lowest BCUT2D eigenvalue weighted by Crippen LogP contribution is -2.44. The van der Waals surface area contributed by atoms with E-state index in [2.05, 4.69) is 20.8 Å². The number of hydrogen-bond acceptors (Lipinski definition) is 7. The van der Waals surface area contributed by atoms with E-state index in [-0.39, 0.29) is 6.42 Å². The van der Waals surface area contributed by atoms with E-state index in [1.165, 1.54) is 25.0 Å². The van der Waals surface area contributed by atoms with Crippen LogP contribution in [0.2, 0.25) is 0 Å². The van der Waals surface area contributed by atoms with Gasteiger partial charge < -0.3 is 10.1 Å². The number of amides is 3. The molecule has 1 aromatic carbocycles. The summed E-state index contributed by atoms with van der Waals surface area (Å²) in [6.45, 7) is 1.37. The summed E-state index contributed by atoms with van der Waals surface area (Å²) >= 11 is 0. The third-order valence-corrected chi connectivity index (χ3v) is 3.35. The number of nitrogens with zero attached hydrogens (tertiary/aromatic N) is 4. The molecule has 2 rings (SSSR count). The summed E-state index contributed by atoms with van der Waals surface area (Å²) in [6.07, 6.45) is 0.429. The van der Waals surface area contributed by atoms with Gasteiger partial charge >= 0.3 is 12.0 Å². The van der Waals surface area contributed by atoms with Crippen molar-refractivity contribution in [2.75, 3.05) is 7.05 Å². The van der Waals surface area contributed by atoms with Crippen LogP contribution in [0, 0.1) is 0 Å². The minimum absolute atomic E-state index is 0.286. The molecule has 132 valence electrons. The Morgan fingerprint density at radius 3 is 2.56 bits per heavy atom. The number of aromatic nitrogens is 4. The fourth-order valence-corrected chi connectivity index (χ4v) is 2.02. The molecule has 2 N–H and O–H groups in total. The first-order chi connectivity index (χ1) is 12.0. The third kappa shape index (κ3) is 5.09. The van der Waals surface area contributed by atoms with Gasteiger partial charge in [0.15, 0.2) is 12.1 Å². The van der Waals surface area contributed by atoms with E-state index in [4.69, 9.17) is 4.74 Å². The zero-order chi connectivity index (χ0) is 18.2. The molecule has 1 aromatic heterocycles. The second-order valence-electron chi connectivity index (χ2n) is 5.14. The lowest BCUT2D eigenvalue weighted by molar-refractivity contribution is -0.158. The summed E-state index contributed by atoms with van der Waals surface area (Å²) in [6, 6.07) is 7.73. The van der Waals surface area contributed by atoms with Crippen molar-refractivity contribution < 1.29 is 19.1 Å². The van der Waals surface area contributed by atoms with Gasteiger partial charge in [-0.15, -0.1) is 5.10 Å². The number of nitrogens with one attached hydrogen (secondary N) is 2. The number of benzene rings is 1. The van der Waals surface area contributed by atoms with Crippen LogP contribution in [-0.2, 0) is 20.7 Å². The van der Waals surface area contributed by atoms with E-state index in [1.807, 2.05) is 35.6 Å². The fraction of sp³-hybridized carbons (Fsp3) is 0.333. The quantitative estimate of drug-likeness (QED) is 0.696. The maximum absolute atomic E-state index is 12.5. The van der Waals surface area contributed by atoms with Gasteiger partial charge in [-0.3, -0.25) is 10.1 Å². The van der Waals surface area contributed by atoms with E-state index in [1.54, 1.807) is 0 Å². The molecule has 0 unspecified atom stereocenters. The molecule has 0 aliphatic rings. The Labute approximate surface area is 143 Å². The third-order valence-electron chi connectivity index (χ3n) is 3.35. The zero-order valence-electron chi connectivity index (χ0n) is 13.7. The van der Waals surface area contributed by atoms with E-state index in [9.17, 15) is 14.4 Å². The minimum atomic E-state index is -1.15. The number of hydrogen-bond donors (Lipinski definition) is 2. The molecular formula is C15H18N6O4. The molecule has 0 aliphatic heterocycles. The number of imide groups is 1. The molecule has 0 fully saturated rings. The Morgan fingerprint density at radius 1 is 1.24 bits per heavy atom. The second kappa shape index (κ2) is 8.52. The van der Waals surface area contributed by atoms with Gasteiger partial charge in [0.2, 0.25) is 0 Å². The van der Waals surface area contributed by atoms with E-state index >= 15 is 0 Å². The monoisotopic (exact) mass is 346 g/mol. The SMILES string of the molecule is CNC(=O)NC(=O)[C@H](C)OC(=O)[C@@H](Cc1ccccc1)n1cnnn1. The number of carbonyl (C=O) groups is 3. The molecular weight excluding hydrogens is 328 g/mol. The highest BCUT2D eigenvalue weighted by atomic mass is 16.5. The minimum Gasteiger partial charge on any atom is -0.451 e. The Kier molecular flexibility index (Phi) is 6.15. The summed E-state index contributed by atoms with van der Waals surface area (Å²) in [5.41, 5.74) is 0.877. The van der Waals surface area contributed by atoms with E-state index in [0.717, 1.165) is 5.56 Å². The number of urea groups is 1. The van der Waals surface area contributed by atoms with Gasteiger partial charge in [0.05, 0.1) is 0 Å².